The highest BCUT2D eigenvalue weighted by Gasteiger charge is 2.21. The summed E-state index contributed by atoms with van der Waals surface area (Å²) in [5.74, 6) is 2.07. The van der Waals surface area contributed by atoms with E-state index in [4.69, 9.17) is 14.6 Å². The van der Waals surface area contributed by atoms with Gasteiger partial charge in [0.25, 0.3) is 0 Å². The van der Waals surface area contributed by atoms with Gasteiger partial charge >= 0.3 is 0 Å². The molecule has 31 heavy (non-hydrogen) atoms. The predicted molar refractivity (Wildman–Crippen MR) is 124 cm³/mol. The lowest BCUT2D eigenvalue weighted by molar-refractivity contribution is 0.0553. The summed E-state index contributed by atoms with van der Waals surface area (Å²) in [5, 5.41) is 19.6. The lowest BCUT2D eigenvalue weighted by Crippen LogP contribution is -2.40. The van der Waals surface area contributed by atoms with Crippen molar-refractivity contribution < 1.29 is 19.7 Å². The van der Waals surface area contributed by atoms with Gasteiger partial charge in [-0.15, -0.1) is 0 Å². The summed E-state index contributed by atoms with van der Waals surface area (Å²) in [7, 11) is 3.78. The summed E-state index contributed by atoms with van der Waals surface area (Å²) >= 11 is 0. The molecule has 1 unspecified atom stereocenters. The predicted octanol–water partition coefficient (Wildman–Crippen LogP) is 3.29. The Labute approximate surface area is 188 Å². The maximum absolute atomic E-state index is 10.5. The minimum atomic E-state index is -0.517. The molecule has 1 aromatic carbocycles. The van der Waals surface area contributed by atoms with E-state index in [1.54, 1.807) is 7.11 Å². The molecule has 2 N–H and O–H groups in total. The average molecular weight is 435 g/mol. The van der Waals surface area contributed by atoms with Crippen molar-refractivity contribution in [2.24, 2.45) is 5.92 Å². The SMILES string of the molecule is COc1cc(CN2CCC(CCO)CC2)ccc1OCC(O)CN(C)C1CCCCC1. The Hall–Kier alpha value is -1.34. The Kier molecular flexibility index (Phi) is 9.91. The first-order chi connectivity index (χ1) is 15.1. The first-order valence-corrected chi connectivity index (χ1v) is 12.1. The van der Waals surface area contributed by atoms with Crippen LogP contribution in [0.2, 0.25) is 0 Å². The number of benzene rings is 1. The molecule has 0 bridgehead atoms. The number of nitrogens with zero attached hydrogens (tertiary/aromatic N) is 2. The molecule has 176 valence electrons. The molecule has 6 heteroatoms. The zero-order valence-corrected chi connectivity index (χ0v) is 19.5. The van der Waals surface area contributed by atoms with Gasteiger partial charge in [0, 0.05) is 25.7 Å². The monoisotopic (exact) mass is 434 g/mol. The average Bonchev–Trinajstić information content (AvgIpc) is 2.80. The van der Waals surface area contributed by atoms with Gasteiger partial charge < -0.3 is 24.6 Å². The van der Waals surface area contributed by atoms with Gasteiger partial charge in [-0.05, 0) is 75.9 Å². The van der Waals surface area contributed by atoms with E-state index in [2.05, 4.69) is 29.0 Å². The summed E-state index contributed by atoms with van der Waals surface area (Å²) in [4.78, 5) is 4.76. The van der Waals surface area contributed by atoms with Gasteiger partial charge in [-0.25, -0.2) is 0 Å². The van der Waals surface area contributed by atoms with E-state index in [1.165, 1.54) is 37.7 Å². The molecule has 1 saturated carbocycles. The second-order valence-corrected chi connectivity index (χ2v) is 9.41. The molecule has 1 aliphatic heterocycles. The van der Waals surface area contributed by atoms with E-state index in [0.29, 0.717) is 30.9 Å². The van der Waals surface area contributed by atoms with Gasteiger partial charge in [-0.1, -0.05) is 25.3 Å². The van der Waals surface area contributed by atoms with Crippen molar-refractivity contribution in [1.29, 1.82) is 0 Å². The van der Waals surface area contributed by atoms with Crippen LogP contribution in [0.4, 0.5) is 0 Å². The van der Waals surface area contributed by atoms with E-state index in [-0.39, 0.29) is 6.61 Å². The highest BCUT2D eigenvalue weighted by molar-refractivity contribution is 5.43. The first-order valence-electron chi connectivity index (χ1n) is 12.1. The Bertz CT molecular complexity index is 642. The molecule has 2 fully saturated rings. The summed E-state index contributed by atoms with van der Waals surface area (Å²) in [6, 6.07) is 6.70. The number of likely N-dealkylation sites (N-methyl/N-ethyl adjacent to an activating group) is 1. The molecule has 1 aromatic rings. The fourth-order valence-electron chi connectivity index (χ4n) is 5.05. The zero-order chi connectivity index (χ0) is 22.1. The standard InChI is InChI=1S/C25H42N2O4/c1-26(22-6-4-3-5-7-22)18-23(29)19-31-24-9-8-21(16-25(24)30-2)17-27-13-10-20(11-14-27)12-15-28/h8-9,16,20,22-23,28-29H,3-7,10-15,17-19H2,1-2H3. The number of aliphatic hydroxyl groups excluding tert-OH is 2. The zero-order valence-electron chi connectivity index (χ0n) is 19.5. The Morgan fingerprint density at radius 3 is 2.52 bits per heavy atom. The Morgan fingerprint density at radius 2 is 1.84 bits per heavy atom. The van der Waals surface area contributed by atoms with Gasteiger partial charge in [-0.3, -0.25) is 4.90 Å². The number of aliphatic hydroxyl groups is 2. The van der Waals surface area contributed by atoms with Gasteiger partial charge in [0.05, 0.1) is 7.11 Å². The Morgan fingerprint density at radius 1 is 1.10 bits per heavy atom. The molecule has 6 nitrogen and oxygen atoms in total. The van der Waals surface area contributed by atoms with Crippen molar-refractivity contribution in [1.82, 2.24) is 9.80 Å². The molecule has 3 rings (SSSR count). The van der Waals surface area contributed by atoms with E-state index >= 15 is 0 Å². The molecule has 0 spiro atoms. The third-order valence-corrected chi connectivity index (χ3v) is 7.01. The van der Waals surface area contributed by atoms with Gasteiger partial charge in [-0.2, -0.15) is 0 Å². The lowest BCUT2D eigenvalue weighted by Gasteiger charge is -2.32. The normalized spacial score (nSPS) is 20.2. The molecule has 1 aliphatic carbocycles. The largest absolute Gasteiger partial charge is 0.493 e. The van der Waals surface area contributed by atoms with Gasteiger partial charge in [0.15, 0.2) is 11.5 Å². The minimum Gasteiger partial charge on any atom is -0.493 e. The van der Waals surface area contributed by atoms with E-state index in [0.717, 1.165) is 44.6 Å². The van der Waals surface area contributed by atoms with E-state index in [9.17, 15) is 5.11 Å². The van der Waals surface area contributed by atoms with Crippen LogP contribution in [0.5, 0.6) is 11.5 Å². The maximum Gasteiger partial charge on any atom is 0.161 e. The van der Waals surface area contributed by atoms with Crippen LogP contribution in [0.1, 0.15) is 56.9 Å². The van der Waals surface area contributed by atoms with Crippen LogP contribution in [0.25, 0.3) is 0 Å². The fraction of sp³-hybridized carbons (Fsp3) is 0.760. The summed E-state index contributed by atoms with van der Waals surface area (Å²) in [6.45, 7) is 4.26. The first kappa shape index (κ1) is 24.3. The van der Waals surface area contributed by atoms with E-state index < -0.39 is 6.10 Å². The van der Waals surface area contributed by atoms with Gasteiger partial charge in [0.1, 0.15) is 12.7 Å². The van der Waals surface area contributed by atoms with Crippen molar-refractivity contribution in [2.45, 2.75) is 70.1 Å². The molecular weight excluding hydrogens is 392 g/mol. The number of methoxy groups -OCH3 is 1. The van der Waals surface area contributed by atoms with Crippen LogP contribution in [0.15, 0.2) is 18.2 Å². The number of hydrogen-bond donors (Lipinski definition) is 2. The summed E-state index contributed by atoms with van der Waals surface area (Å²) < 4.78 is 11.5. The van der Waals surface area contributed by atoms with Crippen molar-refractivity contribution in [3.8, 4) is 11.5 Å². The van der Waals surface area contributed by atoms with E-state index in [1.807, 2.05) is 6.07 Å². The highest BCUT2D eigenvalue weighted by atomic mass is 16.5. The third kappa shape index (κ3) is 7.63. The molecule has 0 amide bonds. The smallest absolute Gasteiger partial charge is 0.161 e. The van der Waals surface area contributed by atoms with Crippen molar-refractivity contribution in [3.05, 3.63) is 23.8 Å². The third-order valence-electron chi connectivity index (χ3n) is 7.01. The topological polar surface area (TPSA) is 65.4 Å². The lowest BCUT2D eigenvalue weighted by atomic mass is 9.94. The van der Waals surface area contributed by atoms with Crippen molar-refractivity contribution in [2.75, 3.05) is 47.0 Å². The highest BCUT2D eigenvalue weighted by Crippen LogP contribution is 2.30. The maximum atomic E-state index is 10.5. The van der Waals surface area contributed by atoms with Crippen LogP contribution in [-0.4, -0.2) is 79.2 Å². The molecule has 1 heterocycles. The Balaban J connectivity index is 1.46. The number of rotatable bonds is 11. The molecule has 0 aromatic heterocycles. The summed E-state index contributed by atoms with van der Waals surface area (Å²) in [6.07, 6.45) is 9.13. The number of ether oxygens (including phenoxy) is 2. The summed E-state index contributed by atoms with van der Waals surface area (Å²) in [5.41, 5.74) is 1.21. The molecule has 1 saturated heterocycles. The van der Waals surface area contributed by atoms with Crippen molar-refractivity contribution >= 4 is 0 Å². The number of likely N-dealkylation sites (tertiary alicyclic amines) is 1. The van der Waals surface area contributed by atoms with Crippen LogP contribution < -0.4 is 9.47 Å². The molecular formula is C25H42N2O4. The van der Waals surface area contributed by atoms with Crippen LogP contribution in [0.3, 0.4) is 0 Å². The van der Waals surface area contributed by atoms with Crippen LogP contribution in [-0.2, 0) is 6.54 Å². The second-order valence-electron chi connectivity index (χ2n) is 9.41. The fourth-order valence-corrected chi connectivity index (χ4v) is 5.05. The minimum absolute atomic E-state index is 0.269. The van der Waals surface area contributed by atoms with Crippen LogP contribution >= 0.6 is 0 Å². The molecule has 1 atom stereocenters. The second kappa shape index (κ2) is 12.6. The molecule has 0 radical (unpaired) electrons. The quantitative estimate of drug-likeness (QED) is 0.557. The molecule has 2 aliphatic rings. The van der Waals surface area contributed by atoms with Gasteiger partial charge in [0.2, 0.25) is 0 Å². The van der Waals surface area contributed by atoms with Crippen LogP contribution in [0, 0.1) is 5.92 Å². The number of hydrogen-bond acceptors (Lipinski definition) is 6. The number of piperidine rings is 1. The van der Waals surface area contributed by atoms with Crippen molar-refractivity contribution in [3.63, 3.8) is 0 Å².